The average molecular weight is 507 g/mol. The number of nitrogens with zero attached hydrogens (tertiary/aromatic N) is 3. The number of carbonyl (C=O) groups is 1. The maximum Gasteiger partial charge on any atom is 0.211 e. The minimum absolute atomic E-state index is 0.0167. The van der Waals surface area contributed by atoms with Crippen molar-refractivity contribution in [2.75, 3.05) is 18.4 Å². The van der Waals surface area contributed by atoms with Crippen LogP contribution in [0.15, 0.2) is 54.7 Å². The topological polar surface area (TPSA) is 111 Å². The fraction of sp³-hybridized carbons (Fsp3) is 0.429. The van der Waals surface area contributed by atoms with Crippen molar-refractivity contribution in [3.63, 3.8) is 0 Å². The number of halogens is 1. The Morgan fingerprint density at radius 2 is 2.00 bits per heavy atom. The lowest BCUT2D eigenvalue weighted by Gasteiger charge is -2.47. The van der Waals surface area contributed by atoms with Crippen LogP contribution in [0.4, 0.5) is 5.69 Å². The zero-order valence-electron chi connectivity index (χ0n) is 20.5. The first-order valence-corrected chi connectivity index (χ1v) is 13.1. The molecule has 1 amide bonds. The highest BCUT2D eigenvalue weighted by Gasteiger charge is 2.40. The number of anilines is 1. The quantitative estimate of drug-likeness (QED) is 0.193. The first-order valence-electron chi connectivity index (χ1n) is 12.7. The number of nitriles is 1. The van der Waals surface area contributed by atoms with E-state index in [2.05, 4.69) is 17.6 Å². The lowest BCUT2D eigenvalue weighted by atomic mass is 9.69. The molecule has 1 aliphatic heterocycles. The SMILES string of the molecule is N#CN1CC2CCCCC2CC1C(CCN(N)/C=C(\N)c1cccc(Cl)c1)c1ccccc1NC=O. The maximum atomic E-state index is 11.3. The van der Waals surface area contributed by atoms with Crippen LogP contribution >= 0.6 is 11.6 Å². The molecular formula is C28H35ClN6O. The summed E-state index contributed by atoms with van der Waals surface area (Å²) in [4.78, 5) is 13.3. The largest absolute Gasteiger partial charge is 0.397 e. The van der Waals surface area contributed by atoms with Gasteiger partial charge in [-0.1, -0.05) is 61.2 Å². The molecule has 0 radical (unpaired) electrons. The van der Waals surface area contributed by atoms with E-state index in [9.17, 15) is 10.1 Å². The molecule has 1 aliphatic carbocycles. The number of hydrogen-bond acceptors (Lipinski definition) is 6. The van der Waals surface area contributed by atoms with Gasteiger partial charge in [0.05, 0.1) is 5.70 Å². The summed E-state index contributed by atoms with van der Waals surface area (Å²) in [5, 5.41) is 15.2. The summed E-state index contributed by atoms with van der Waals surface area (Å²) in [6.07, 6.45) is 11.5. The summed E-state index contributed by atoms with van der Waals surface area (Å²) >= 11 is 6.11. The number of hydrogen-bond donors (Lipinski definition) is 3. The van der Waals surface area contributed by atoms with Crippen LogP contribution in [0.1, 0.15) is 55.6 Å². The Balaban J connectivity index is 1.58. The Labute approximate surface area is 218 Å². The van der Waals surface area contributed by atoms with E-state index in [1.807, 2.05) is 35.2 Å². The summed E-state index contributed by atoms with van der Waals surface area (Å²) in [5.74, 6) is 7.61. The number of rotatable bonds is 9. The molecule has 4 unspecified atom stereocenters. The van der Waals surface area contributed by atoms with Crippen LogP contribution in [-0.2, 0) is 4.79 Å². The van der Waals surface area contributed by atoms with Crippen LogP contribution in [-0.4, -0.2) is 35.5 Å². The summed E-state index contributed by atoms with van der Waals surface area (Å²) in [7, 11) is 0. The molecule has 0 bridgehead atoms. The highest BCUT2D eigenvalue weighted by Crippen LogP contribution is 2.44. The van der Waals surface area contributed by atoms with Crippen molar-refractivity contribution in [3.05, 3.63) is 70.9 Å². The van der Waals surface area contributed by atoms with Crippen molar-refractivity contribution >= 4 is 29.4 Å². The van der Waals surface area contributed by atoms with Gasteiger partial charge in [-0.05, 0) is 54.9 Å². The number of likely N-dealkylation sites (tertiary alicyclic amines) is 1. The van der Waals surface area contributed by atoms with Crippen LogP contribution in [0.5, 0.6) is 0 Å². The number of para-hydroxylation sites is 1. The van der Waals surface area contributed by atoms with Crippen molar-refractivity contribution in [1.82, 2.24) is 9.91 Å². The second-order valence-electron chi connectivity index (χ2n) is 9.94. The second-order valence-corrected chi connectivity index (χ2v) is 10.4. The van der Waals surface area contributed by atoms with Gasteiger partial charge < -0.3 is 21.0 Å². The normalized spacial score (nSPS) is 22.8. The molecular weight excluding hydrogens is 472 g/mol. The van der Waals surface area contributed by atoms with Gasteiger partial charge in [-0.15, -0.1) is 0 Å². The predicted octanol–water partition coefficient (Wildman–Crippen LogP) is 4.88. The van der Waals surface area contributed by atoms with E-state index in [0.29, 0.717) is 41.9 Å². The molecule has 0 aromatic heterocycles. The molecule has 2 aliphatic rings. The summed E-state index contributed by atoms with van der Waals surface area (Å²) in [6.45, 7) is 1.34. The molecule has 190 valence electrons. The number of amides is 1. The first kappa shape index (κ1) is 25.9. The van der Waals surface area contributed by atoms with Crippen LogP contribution < -0.4 is 16.9 Å². The molecule has 8 heteroatoms. The van der Waals surface area contributed by atoms with E-state index in [-0.39, 0.29) is 12.0 Å². The first-order chi connectivity index (χ1) is 17.5. The third-order valence-electron chi connectivity index (χ3n) is 7.77. The molecule has 1 saturated carbocycles. The van der Waals surface area contributed by atoms with E-state index < -0.39 is 0 Å². The van der Waals surface area contributed by atoms with E-state index in [4.69, 9.17) is 23.2 Å². The van der Waals surface area contributed by atoms with Crippen molar-refractivity contribution in [2.45, 2.75) is 50.5 Å². The van der Waals surface area contributed by atoms with Gasteiger partial charge >= 0.3 is 0 Å². The molecule has 0 spiro atoms. The predicted molar refractivity (Wildman–Crippen MR) is 144 cm³/mol. The van der Waals surface area contributed by atoms with Gasteiger partial charge in [-0.25, -0.2) is 5.84 Å². The molecule has 1 heterocycles. The average Bonchev–Trinajstić information content (AvgIpc) is 2.89. The Bertz CT molecular complexity index is 1120. The molecule has 1 saturated heterocycles. The Hall–Kier alpha value is -3.21. The number of nitrogens with two attached hydrogens (primary N) is 2. The molecule has 2 aromatic carbocycles. The zero-order valence-corrected chi connectivity index (χ0v) is 21.3. The van der Waals surface area contributed by atoms with Crippen LogP contribution in [0.2, 0.25) is 5.02 Å². The highest BCUT2D eigenvalue weighted by molar-refractivity contribution is 6.30. The molecule has 7 nitrogen and oxygen atoms in total. The lowest BCUT2D eigenvalue weighted by molar-refractivity contribution is -0.105. The van der Waals surface area contributed by atoms with E-state index in [1.165, 1.54) is 25.7 Å². The second kappa shape index (κ2) is 12.2. The van der Waals surface area contributed by atoms with Gasteiger partial charge in [0.25, 0.3) is 0 Å². The number of benzene rings is 2. The smallest absolute Gasteiger partial charge is 0.211 e. The molecule has 2 aromatic rings. The number of nitrogens with one attached hydrogen (secondary N) is 1. The van der Waals surface area contributed by atoms with E-state index in [0.717, 1.165) is 29.8 Å². The van der Waals surface area contributed by atoms with Gasteiger partial charge in [0.1, 0.15) is 0 Å². The Morgan fingerprint density at radius 3 is 2.75 bits per heavy atom. The molecule has 4 rings (SSSR count). The highest BCUT2D eigenvalue weighted by atomic mass is 35.5. The number of carbonyl (C=O) groups excluding carboxylic acids is 1. The van der Waals surface area contributed by atoms with Crippen molar-refractivity contribution in [2.24, 2.45) is 23.4 Å². The molecule has 2 fully saturated rings. The number of fused-ring (bicyclic) bond motifs is 1. The molecule has 36 heavy (non-hydrogen) atoms. The van der Waals surface area contributed by atoms with Gasteiger partial charge in [0.2, 0.25) is 6.41 Å². The van der Waals surface area contributed by atoms with Gasteiger partial charge in [-0.3, -0.25) is 4.79 Å². The monoisotopic (exact) mass is 506 g/mol. The Morgan fingerprint density at radius 1 is 1.22 bits per heavy atom. The summed E-state index contributed by atoms with van der Waals surface area (Å²) < 4.78 is 0. The van der Waals surface area contributed by atoms with E-state index >= 15 is 0 Å². The summed E-state index contributed by atoms with van der Waals surface area (Å²) in [6, 6.07) is 15.3. The van der Waals surface area contributed by atoms with Gasteiger partial charge in [0.15, 0.2) is 6.19 Å². The van der Waals surface area contributed by atoms with Crippen LogP contribution in [0.3, 0.4) is 0 Å². The van der Waals surface area contributed by atoms with Crippen LogP contribution in [0.25, 0.3) is 5.70 Å². The fourth-order valence-corrected chi connectivity index (χ4v) is 6.19. The lowest BCUT2D eigenvalue weighted by Crippen LogP contribution is -2.49. The summed E-state index contributed by atoms with van der Waals surface area (Å²) in [5.41, 5.74) is 9.43. The fourth-order valence-electron chi connectivity index (χ4n) is 6.00. The van der Waals surface area contributed by atoms with Crippen molar-refractivity contribution < 1.29 is 4.79 Å². The molecule has 4 atom stereocenters. The number of piperidine rings is 1. The minimum Gasteiger partial charge on any atom is -0.397 e. The number of hydrazine groups is 1. The third-order valence-corrected chi connectivity index (χ3v) is 8.01. The minimum atomic E-state index is 0.0167. The van der Waals surface area contributed by atoms with Crippen LogP contribution in [0, 0.1) is 23.3 Å². The standard InChI is InChI=1S/C28H35ClN6O/c29-23-9-5-8-21(14-23)26(31)17-35(32)13-12-25(24-10-3-4-11-27(24)33-19-36)28-15-20-6-1-2-7-22(20)16-34(28)18-30/h3-5,8-11,14,17,19-20,22,25,28H,1-2,6-7,12-13,15-16,31-32H2,(H,33,36)/b26-17-. The molecule has 5 N–H and O–H groups in total. The zero-order chi connectivity index (χ0) is 25.5. The van der Waals surface area contributed by atoms with E-state index in [1.54, 1.807) is 23.3 Å². The Kier molecular flexibility index (Phi) is 8.74. The van der Waals surface area contributed by atoms with Gasteiger partial charge in [0, 0.05) is 47.5 Å². The van der Waals surface area contributed by atoms with Gasteiger partial charge in [-0.2, -0.15) is 5.26 Å². The van der Waals surface area contributed by atoms with Crippen molar-refractivity contribution in [1.29, 1.82) is 5.26 Å². The van der Waals surface area contributed by atoms with Crippen molar-refractivity contribution in [3.8, 4) is 6.19 Å². The maximum absolute atomic E-state index is 11.3. The third kappa shape index (κ3) is 6.13.